The first-order chi connectivity index (χ1) is 8.90. The van der Waals surface area contributed by atoms with Crippen molar-refractivity contribution >= 4 is 44.9 Å². The normalized spacial score (nSPS) is 11.3. The summed E-state index contributed by atoms with van der Waals surface area (Å²) in [4.78, 5) is -0.302. The maximum atomic E-state index is 12.1. The Bertz CT molecular complexity index is 676. The van der Waals surface area contributed by atoms with Crippen molar-refractivity contribution in [3.05, 3.63) is 57.5 Å². The fourth-order valence-corrected chi connectivity index (χ4v) is 3.84. The van der Waals surface area contributed by atoms with Crippen molar-refractivity contribution in [2.75, 3.05) is 0 Å². The van der Waals surface area contributed by atoms with Crippen LogP contribution in [0.2, 0.25) is 15.1 Å². The number of halogens is 3. The monoisotopic (exact) mass is 336 g/mol. The summed E-state index contributed by atoms with van der Waals surface area (Å²) >= 11 is 17.4. The van der Waals surface area contributed by atoms with Gasteiger partial charge in [0.25, 0.3) is 0 Å². The predicted molar refractivity (Wildman–Crippen MR) is 75.7 cm³/mol. The van der Waals surface area contributed by atoms with E-state index in [2.05, 4.69) is 0 Å². The van der Waals surface area contributed by atoms with Crippen LogP contribution in [0.3, 0.4) is 0 Å². The zero-order valence-corrected chi connectivity index (χ0v) is 12.4. The van der Waals surface area contributed by atoms with Gasteiger partial charge in [0.15, 0.2) is 0 Å². The van der Waals surface area contributed by atoms with Crippen LogP contribution in [0.15, 0.2) is 47.4 Å². The van der Waals surface area contributed by atoms with Crippen molar-refractivity contribution in [1.29, 1.82) is 0 Å². The third-order valence-electron chi connectivity index (χ3n) is 2.16. The highest BCUT2D eigenvalue weighted by atomic mass is 35.5. The molecule has 0 radical (unpaired) electrons. The molecule has 0 aliphatic carbocycles. The first-order valence-electron chi connectivity index (χ1n) is 5.04. The van der Waals surface area contributed by atoms with E-state index in [1.165, 1.54) is 24.3 Å². The van der Waals surface area contributed by atoms with E-state index in [4.69, 9.17) is 39.0 Å². The molecule has 7 heteroatoms. The van der Waals surface area contributed by atoms with Gasteiger partial charge in [0.2, 0.25) is 0 Å². The maximum Gasteiger partial charge on any atom is 0.342 e. The summed E-state index contributed by atoms with van der Waals surface area (Å²) in [5.74, 6) is 0.171. The fraction of sp³-hybridized carbons (Fsp3) is 0. The summed E-state index contributed by atoms with van der Waals surface area (Å²) in [6.07, 6.45) is 0. The topological polar surface area (TPSA) is 43.4 Å². The van der Waals surface area contributed by atoms with Crippen LogP contribution in [0.4, 0.5) is 0 Å². The van der Waals surface area contributed by atoms with Crippen LogP contribution in [-0.2, 0) is 10.1 Å². The Labute approximate surface area is 125 Å². The van der Waals surface area contributed by atoms with Gasteiger partial charge in [-0.3, -0.25) is 0 Å². The summed E-state index contributed by atoms with van der Waals surface area (Å²) in [7, 11) is -4.11. The van der Waals surface area contributed by atoms with Crippen molar-refractivity contribution in [2.24, 2.45) is 0 Å². The van der Waals surface area contributed by atoms with Gasteiger partial charge in [-0.2, -0.15) is 8.42 Å². The first-order valence-corrected chi connectivity index (χ1v) is 7.58. The largest absolute Gasteiger partial charge is 0.379 e. The molecule has 0 bridgehead atoms. The number of hydrogen-bond donors (Lipinski definition) is 0. The van der Waals surface area contributed by atoms with Crippen molar-refractivity contribution in [3.8, 4) is 5.75 Å². The van der Waals surface area contributed by atoms with E-state index >= 15 is 0 Å². The molecular weight excluding hydrogens is 331 g/mol. The predicted octanol–water partition coefficient (Wildman–Crippen LogP) is 4.41. The lowest BCUT2D eigenvalue weighted by molar-refractivity contribution is 0.486. The van der Waals surface area contributed by atoms with Gasteiger partial charge < -0.3 is 4.18 Å². The van der Waals surface area contributed by atoms with Gasteiger partial charge in [-0.1, -0.05) is 53.0 Å². The molecule has 0 saturated carbocycles. The second-order valence-electron chi connectivity index (χ2n) is 3.55. The van der Waals surface area contributed by atoms with Crippen LogP contribution in [0.25, 0.3) is 0 Å². The first kappa shape index (κ1) is 14.5. The van der Waals surface area contributed by atoms with Crippen LogP contribution in [-0.4, -0.2) is 8.42 Å². The van der Waals surface area contributed by atoms with Crippen LogP contribution in [0, 0.1) is 0 Å². The Morgan fingerprint density at radius 3 is 1.95 bits per heavy atom. The average molecular weight is 338 g/mol. The molecule has 0 heterocycles. The molecule has 3 nitrogen and oxygen atoms in total. The zero-order chi connectivity index (χ0) is 14.0. The number of benzene rings is 2. The second-order valence-corrected chi connectivity index (χ2v) is 6.28. The van der Waals surface area contributed by atoms with E-state index in [9.17, 15) is 8.42 Å². The van der Waals surface area contributed by atoms with Crippen molar-refractivity contribution in [1.82, 2.24) is 0 Å². The molecular formula is C12H7Cl3O3S. The molecule has 0 N–H and O–H groups in total. The highest BCUT2D eigenvalue weighted by Gasteiger charge is 2.24. The summed E-state index contributed by atoms with van der Waals surface area (Å²) in [6.45, 7) is 0. The highest BCUT2D eigenvalue weighted by molar-refractivity contribution is 7.87. The van der Waals surface area contributed by atoms with E-state index in [1.54, 1.807) is 18.2 Å². The van der Waals surface area contributed by atoms with Crippen molar-refractivity contribution in [2.45, 2.75) is 4.90 Å². The fourth-order valence-electron chi connectivity index (χ4n) is 1.41. The summed E-state index contributed by atoms with van der Waals surface area (Å²) in [5.41, 5.74) is 0. The van der Waals surface area contributed by atoms with Crippen molar-refractivity contribution in [3.63, 3.8) is 0 Å². The molecule has 100 valence electrons. The third kappa shape index (κ3) is 3.34. The molecule has 2 aromatic carbocycles. The average Bonchev–Trinajstić information content (AvgIpc) is 2.27. The Kier molecular flexibility index (Phi) is 4.26. The minimum atomic E-state index is -4.11. The number of hydrogen-bond acceptors (Lipinski definition) is 3. The van der Waals surface area contributed by atoms with E-state index in [1.807, 2.05) is 0 Å². The summed E-state index contributed by atoms with van der Waals surface area (Å²) < 4.78 is 29.2. The van der Waals surface area contributed by atoms with E-state index in [0.717, 1.165) is 0 Å². The molecule has 0 unspecified atom stereocenters. The van der Waals surface area contributed by atoms with E-state index in [-0.39, 0.29) is 25.7 Å². The zero-order valence-electron chi connectivity index (χ0n) is 9.31. The minimum Gasteiger partial charge on any atom is -0.379 e. The van der Waals surface area contributed by atoms with Crippen LogP contribution in [0.1, 0.15) is 0 Å². The molecule has 2 rings (SSSR count). The lowest BCUT2D eigenvalue weighted by Gasteiger charge is -2.10. The summed E-state index contributed by atoms with van der Waals surface area (Å²) in [5, 5.41) is 0.0653. The van der Waals surface area contributed by atoms with Gasteiger partial charge in [0.05, 0.1) is 10.0 Å². The molecule has 0 amide bonds. The maximum absolute atomic E-state index is 12.1. The van der Waals surface area contributed by atoms with Crippen LogP contribution < -0.4 is 4.18 Å². The second kappa shape index (κ2) is 5.59. The minimum absolute atomic E-state index is 0.0894. The quantitative estimate of drug-likeness (QED) is 0.779. The van der Waals surface area contributed by atoms with Gasteiger partial charge in [-0.25, -0.2) is 0 Å². The van der Waals surface area contributed by atoms with Gasteiger partial charge in [-0.15, -0.1) is 0 Å². The molecule has 0 spiro atoms. The number of para-hydroxylation sites is 1. The molecule has 0 aromatic heterocycles. The van der Waals surface area contributed by atoms with Gasteiger partial charge in [-0.05, 0) is 24.3 Å². The Hall–Kier alpha value is -0.940. The Morgan fingerprint density at radius 1 is 0.895 bits per heavy atom. The lowest BCUT2D eigenvalue weighted by atomic mass is 10.3. The van der Waals surface area contributed by atoms with E-state index < -0.39 is 10.1 Å². The molecule has 0 atom stereocenters. The molecule has 0 saturated heterocycles. The van der Waals surface area contributed by atoms with Gasteiger partial charge in [0, 0.05) is 5.02 Å². The van der Waals surface area contributed by atoms with Crippen molar-refractivity contribution < 1.29 is 12.6 Å². The molecule has 0 fully saturated rings. The molecule has 19 heavy (non-hydrogen) atoms. The lowest BCUT2D eigenvalue weighted by Crippen LogP contribution is -2.11. The van der Waals surface area contributed by atoms with E-state index in [0.29, 0.717) is 0 Å². The SMILES string of the molecule is O=S(=O)(Oc1ccccc1)c1c(Cl)cc(Cl)cc1Cl. The van der Waals surface area contributed by atoms with Gasteiger partial charge in [0.1, 0.15) is 10.6 Å². The third-order valence-corrected chi connectivity index (χ3v) is 4.55. The standard InChI is InChI=1S/C12H7Cl3O3S/c13-8-6-10(14)12(11(15)7-8)19(16,17)18-9-4-2-1-3-5-9/h1-7H. The van der Waals surface area contributed by atoms with Gasteiger partial charge >= 0.3 is 10.1 Å². The van der Waals surface area contributed by atoms with Crippen LogP contribution >= 0.6 is 34.8 Å². The van der Waals surface area contributed by atoms with Crippen LogP contribution in [0.5, 0.6) is 5.75 Å². The smallest absolute Gasteiger partial charge is 0.342 e. The number of rotatable bonds is 3. The summed E-state index contributed by atoms with van der Waals surface area (Å²) in [6, 6.07) is 10.6. The molecule has 0 aliphatic rings. The Balaban J connectivity index is 2.46. The highest BCUT2D eigenvalue weighted by Crippen LogP contribution is 2.34. The molecule has 2 aromatic rings. The Morgan fingerprint density at radius 2 is 1.42 bits per heavy atom. The molecule has 0 aliphatic heterocycles.